The van der Waals surface area contributed by atoms with Gasteiger partial charge in [0.2, 0.25) is 21.8 Å². The minimum Gasteiger partial charge on any atom is -0.497 e. The molecule has 0 saturated carbocycles. The molecule has 2 aromatic rings. The largest absolute Gasteiger partial charge is 0.497 e. The Morgan fingerprint density at radius 3 is 2.31 bits per heavy atom. The van der Waals surface area contributed by atoms with Gasteiger partial charge >= 0.3 is 0 Å². The molecular weight excluding hydrogens is 506 g/mol. The molecule has 0 spiro atoms. The number of methoxy groups -OCH3 is 2. The molecule has 1 atom stereocenters. The quantitative estimate of drug-likeness (QED) is 0.443. The molecule has 9 nitrogen and oxygen atoms in total. The number of ether oxygens (including phenoxy) is 2. The van der Waals surface area contributed by atoms with Crippen LogP contribution in [0.4, 0.5) is 5.69 Å². The van der Waals surface area contributed by atoms with Gasteiger partial charge in [0.15, 0.2) is 0 Å². The van der Waals surface area contributed by atoms with Crippen LogP contribution in [0.1, 0.15) is 32.8 Å². The van der Waals surface area contributed by atoms with Crippen molar-refractivity contribution < 1.29 is 27.5 Å². The Labute approximate surface area is 218 Å². The van der Waals surface area contributed by atoms with Crippen LogP contribution in [0, 0.1) is 0 Å². The van der Waals surface area contributed by atoms with Gasteiger partial charge in [0.05, 0.1) is 31.2 Å². The van der Waals surface area contributed by atoms with Crippen molar-refractivity contribution in [2.45, 2.75) is 45.8 Å². The fourth-order valence-electron chi connectivity index (χ4n) is 3.69. The maximum Gasteiger partial charge on any atom is 0.244 e. The highest BCUT2D eigenvalue weighted by Gasteiger charge is 2.32. The SMILES string of the molecule is CCC(C(=O)NC(C)C)N(Cc1cccc(OC)c1)C(=O)CN(c1ccc(OC)c(Cl)c1)S(C)(=O)=O. The minimum atomic E-state index is -3.87. The molecule has 0 aliphatic rings. The highest BCUT2D eigenvalue weighted by molar-refractivity contribution is 7.92. The zero-order valence-corrected chi connectivity index (χ0v) is 23.0. The summed E-state index contributed by atoms with van der Waals surface area (Å²) in [6.45, 7) is 5.03. The average molecular weight is 540 g/mol. The van der Waals surface area contributed by atoms with E-state index in [1.807, 2.05) is 19.9 Å². The average Bonchev–Trinajstić information content (AvgIpc) is 2.81. The van der Waals surface area contributed by atoms with Crippen molar-refractivity contribution >= 4 is 39.1 Å². The molecule has 0 bridgehead atoms. The molecule has 2 aromatic carbocycles. The van der Waals surface area contributed by atoms with Crippen molar-refractivity contribution in [1.82, 2.24) is 10.2 Å². The third-order valence-electron chi connectivity index (χ3n) is 5.41. The third-order valence-corrected chi connectivity index (χ3v) is 6.84. The first-order chi connectivity index (χ1) is 16.9. The Bertz CT molecular complexity index is 1170. The molecule has 0 fully saturated rings. The summed E-state index contributed by atoms with van der Waals surface area (Å²) in [6, 6.07) is 10.7. The number of sulfonamides is 1. The second kappa shape index (κ2) is 12.8. The first-order valence-electron chi connectivity index (χ1n) is 11.4. The predicted molar refractivity (Wildman–Crippen MR) is 141 cm³/mol. The summed E-state index contributed by atoms with van der Waals surface area (Å²) in [7, 11) is -0.887. The van der Waals surface area contributed by atoms with Crippen LogP contribution < -0.4 is 19.1 Å². The molecule has 2 rings (SSSR count). The van der Waals surface area contributed by atoms with Crippen LogP contribution in [0.2, 0.25) is 5.02 Å². The molecule has 1 unspecified atom stereocenters. The van der Waals surface area contributed by atoms with Crippen LogP contribution >= 0.6 is 11.6 Å². The number of hydrogen-bond donors (Lipinski definition) is 1. The molecule has 0 radical (unpaired) electrons. The molecule has 11 heteroatoms. The van der Waals surface area contributed by atoms with Crippen LogP contribution in [0.25, 0.3) is 0 Å². The molecule has 36 heavy (non-hydrogen) atoms. The normalized spacial score (nSPS) is 12.1. The maximum absolute atomic E-state index is 13.7. The van der Waals surface area contributed by atoms with Gasteiger partial charge in [0.25, 0.3) is 0 Å². The van der Waals surface area contributed by atoms with Crippen molar-refractivity contribution in [3.8, 4) is 11.5 Å². The number of rotatable bonds is 12. The van der Waals surface area contributed by atoms with Crippen molar-refractivity contribution in [3.63, 3.8) is 0 Å². The predicted octanol–water partition coefficient (Wildman–Crippen LogP) is 3.46. The van der Waals surface area contributed by atoms with Gasteiger partial charge in [0.1, 0.15) is 24.1 Å². The zero-order valence-electron chi connectivity index (χ0n) is 21.4. The van der Waals surface area contributed by atoms with E-state index >= 15 is 0 Å². The van der Waals surface area contributed by atoms with Crippen LogP contribution in [0.3, 0.4) is 0 Å². The summed E-state index contributed by atoms with van der Waals surface area (Å²) < 4.78 is 36.8. The molecule has 0 saturated heterocycles. The fourth-order valence-corrected chi connectivity index (χ4v) is 4.79. The van der Waals surface area contributed by atoms with Crippen molar-refractivity contribution in [3.05, 3.63) is 53.1 Å². The van der Waals surface area contributed by atoms with E-state index in [2.05, 4.69) is 5.32 Å². The van der Waals surface area contributed by atoms with Crippen molar-refractivity contribution in [2.24, 2.45) is 0 Å². The first-order valence-corrected chi connectivity index (χ1v) is 13.7. The lowest BCUT2D eigenvalue weighted by molar-refractivity contribution is -0.140. The number of nitrogens with zero attached hydrogens (tertiary/aromatic N) is 2. The van der Waals surface area contributed by atoms with Crippen LogP contribution in [0.5, 0.6) is 11.5 Å². The number of nitrogens with one attached hydrogen (secondary N) is 1. The lowest BCUT2D eigenvalue weighted by Crippen LogP contribution is -2.53. The summed E-state index contributed by atoms with van der Waals surface area (Å²) >= 11 is 6.21. The highest BCUT2D eigenvalue weighted by atomic mass is 35.5. The smallest absolute Gasteiger partial charge is 0.244 e. The molecule has 0 aromatic heterocycles. The lowest BCUT2D eigenvalue weighted by Gasteiger charge is -2.33. The van der Waals surface area contributed by atoms with Crippen molar-refractivity contribution in [2.75, 3.05) is 31.3 Å². The standard InChI is InChI=1S/C25H34ClN3O6S/c1-7-22(25(31)27-17(2)3)28(15-18-9-8-10-20(13-18)34-4)24(30)16-29(36(6,32)33)19-11-12-23(35-5)21(26)14-19/h8-14,17,22H,7,15-16H2,1-6H3,(H,27,31). The van der Waals surface area contributed by atoms with Gasteiger partial charge in [-0.3, -0.25) is 13.9 Å². The molecule has 0 heterocycles. The van der Waals surface area contributed by atoms with E-state index in [0.29, 0.717) is 17.9 Å². The number of benzene rings is 2. The van der Waals surface area contributed by atoms with E-state index in [1.54, 1.807) is 25.1 Å². The summed E-state index contributed by atoms with van der Waals surface area (Å²) in [5.74, 6) is 0.115. The van der Waals surface area contributed by atoms with Gasteiger partial charge in [-0.2, -0.15) is 0 Å². The number of amides is 2. The van der Waals surface area contributed by atoms with E-state index in [-0.39, 0.29) is 29.2 Å². The molecule has 2 amide bonds. The molecule has 0 aliphatic heterocycles. The van der Waals surface area contributed by atoms with E-state index < -0.39 is 28.5 Å². The molecule has 198 valence electrons. The maximum atomic E-state index is 13.7. The van der Waals surface area contributed by atoms with Gasteiger partial charge in [0, 0.05) is 12.6 Å². The Morgan fingerprint density at radius 2 is 1.78 bits per heavy atom. The molecule has 0 aliphatic carbocycles. The fraction of sp³-hybridized carbons (Fsp3) is 0.440. The molecule has 1 N–H and O–H groups in total. The Kier molecular flexibility index (Phi) is 10.4. The minimum absolute atomic E-state index is 0.0844. The van der Waals surface area contributed by atoms with E-state index in [9.17, 15) is 18.0 Å². The van der Waals surface area contributed by atoms with E-state index in [1.165, 1.54) is 37.3 Å². The number of anilines is 1. The van der Waals surface area contributed by atoms with Gasteiger partial charge in [-0.05, 0) is 56.2 Å². The Balaban J connectivity index is 2.48. The number of hydrogen-bond acceptors (Lipinski definition) is 6. The summed E-state index contributed by atoms with van der Waals surface area (Å²) in [4.78, 5) is 28.1. The summed E-state index contributed by atoms with van der Waals surface area (Å²) in [5, 5.41) is 3.05. The van der Waals surface area contributed by atoms with Crippen LogP contribution in [-0.4, -0.2) is 64.2 Å². The van der Waals surface area contributed by atoms with Crippen LogP contribution in [-0.2, 0) is 26.2 Å². The van der Waals surface area contributed by atoms with Gasteiger partial charge in [-0.15, -0.1) is 0 Å². The van der Waals surface area contributed by atoms with Crippen molar-refractivity contribution in [1.29, 1.82) is 0 Å². The van der Waals surface area contributed by atoms with E-state index in [0.717, 1.165) is 16.1 Å². The second-order valence-corrected chi connectivity index (χ2v) is 10.9. The monoisotopic (exact) mass is 539 g/mol. The Hall–Kier alpha value is -2.98. The van der Waals surface area contributed by atoms with Gasteiger partial charge in [-0.25, -0.2) is 8.42 Å². The number of halogens is 1. The summed E-state index contributed by atoms with van der Waals surface area (Å²) in [5.41, 5.74) is 0.939. The summed E-state index contributed by atoms with van der Waals surface area (Å²) in [6.07, 6.45) is 1.34. The Morgan fingerprint density at radius 1 is 1.08 bits per heavy atom. The first kappa shape index (κ1) is 29.3. The third kappa shape index (κ3) is 7.76. The highest BCUT2D eigenvalue weighted by Crippen LogP contribution is 2.30. The van der Waals surface area contributed by atoms with Gasteiger partial charge < -0.3 is 19.7 Å². The lowest BCUT2D eigenvalue weighted by atomic mass is 10.1. The van der Waals surface area contributed by atoms with Crippen LogP contribution in [0.15, 0.2) is 42.5 Å². The number of carbonyl (C=O) groups is 2. The van der Waals surface area contributed by atoms with E-state index in [4.69, 9.17) is 21.1 Å². The topological polar surface area (TPSA) is 105 Å². The van der Waals surface area contributed by atoms with Gasteiger partial charge in [-0.1, -0.05) is 30.7 Å². The second-order valence-electron chi connectivity index (χ2n) is 8.55. The number of carbonyl (C=O) groups excluding carboxylic acids is 2. The molecular formula is C25H34ClN3O6S. The zero-order chi connectivity index (χ0) is 27.0.